The standard InChI is InChI=1S/C17H20F2N2/c1-11(20)13-8-6-10-16(19)17(13)21(3)12(2)14-7-4-5-9-15(14)18/h4-12H,20H2,1-3H3/t11-,12?/m1/s1. The minimum Gasteiger partial charge on any atom is -0.365 e. The fourth-order valence-electron chi connectivity index (χ4n) is 2.49. The molecule has 1 unspecified atom stereocenters. The maximum atomic E-state index is 14.2. The van der Waals surface area contributed by atoms with Gasteiger partial charge in [-0.1, -0.05) is 30.3 Å². The molecule has 2 aromatic carbocycles. The number of nitrogens with zero attached hydrogens (tertiary/aromatic N) is 1. The molecule has 2 aromatic rings. The van der Waals surface area contributed by atoms with Crippen LogP contribution in [0, 0.1) is 11.6 Å². The lowest BCUT2D eigenvalue weighted by atomic mass is 10.0. The Labute approximate surface area is 124 Å². The summed E-state index contributed by atoms with van der Waals surface area (Å²) >= 11 is 0. The summed E-state index contributed by atoms with van der Waals surface area (Å²) in [4.78, 5) is 1.73. The Kier molecular flexibility index (Phi) is 4.58. The smallest absolute Gasteiger partial charge is 0.146 e. The van der Waals surface area contributed by atoms with Crippen LogP contribution >= 0.6 is 0 Å². The second kappa shape index (κ2) is 6.22. The molecule has 0 spiro atoms. The van der Waals surface area contributed by atoms with Crippen LogP contribution in [0.3, 0.4) is 0 Å². The molecule has 0 fully saturated rings. The quantitative estimate of drug-likeness (QED) is 0.915. The molecule has 0 aromatic heterocycles. The summed E-state index contributed by atoms with van der Waals surface area (Å²) in [6.07, 6.45) is 0. The molecular weight excluding hydrogens is 270 g/mol. The van der Waals surface area contributed by atoms with Gasteiger partial charge in [-0.05, 0) is 31.5 Å². The van der Waals surface area contributed by atoms with Crippen molar-refractivity contribution in [1.29, 1.82) is 0 Å². The highest BCUT2D eigenvalue weighted by molar-refractivity contribution is 5.57. The van der Waals surface area contributed by atoms with Crippen LogP contribution in [0.4, 0.5) is 14.5 Å². The molecule has 0 radical (unpaired) electrons. The van der Waals surface area contributed by atoms with Gasteiger partial charge in [0.1, 0.15) is 11.6 Å². The van der Waals surface area contributed by atoms with Gasteiger partial charge in [-0.15, -0.1) is 0 Å². The summed E-state index contributed by atoms with van der Waals surface area (Å²) in [5.41, 5.74) is 7.58. The number of anilines is 1. The predicted molar refractivity (Wildman–Crippen MR) is 82.2 cm³/mol. The Morgan fingerprint density at radius 2 is 1.48 bits per heavy atom. The van der Waals surface area contributed by atoms with Gasteiger partial charge >= 0.3 is 0 Å². The lowest BCUT2D eigenvalue weighted by Crippen LogP contribution is -2.26. The third-order valence-electron chi connectivity index (χ3n) is 3.80. The number of benzene rings is 2. The molecular formula is C17H20F2N2. The number of hydrogen-bond donors (Lipinski definition) is 1. The van der Waals surface area contributed by atoms with E-state index in [-0.39, 0.29) is 23.7 Å². The van der Waals surface area contributed by atoms with Crippen LogP contribution in [-0.2, 0) is 0 Å². The van der Waals surface area contributed by atoms with E-state index in [0.717, 1.165) is 0 Å². The molecule has 0 bridgehead atoms. The fraction of sp³-hybridized carbons (Fsp3) is 0.294. The van der Waals surface area contributed by atoms with E-state index in [2.05, 4.69) is 0 Å². The van der Waals surface area contributed by atoms with Gasteiger partial charge in [-0.25, -0.2) is 8.78 Å². The molecule has 0 aliphatic rings. The number of hydrogen-bond acceptors (Lipinski definition) is 2. The predicted octanol–water partition coefficient (Wildman–Crippen LogP) is 4.18. The summed E-state index contributed by atoms with van der Waals surface area (Å²) in [7, 11) is 1.75. The summed E-state index contributed by atoms with van der Waals surface area (Å²) in [5.74, 6) is -0.647. The Morgan fingerprint density at radius 1 is 0.905 bits per heavy atom. The van der Waals surface area contributed by atoms with Crippen molar-refractivity contribution in [2.24, 2.45) is 5.73 Å². The van der Waals surface area contributed by atoms with Gasteiger partial charge in [-0.2, -0.15) is 0 Å². The zero-order valence-corrected chi connectivity index (χ0v) is 12.5. The van der Waals surface area contributed by atoms with Crippen LogP contribution in [0.2, 0.25) is 0 Å². The number of rotatable bonds is 4. The molecule has 21 heavy (non-hydrogen) atoms. The molecule has 0 saturated heterocycles. The first-order chi connectivity index (χ1) is 9.93. The van der Waals surface area contributed by atoms with E-state index in [0.29, 0.717) is 16.8 Å². The number of para-hydroxylation sites is 1. The molecule has 2 atom stereocenters. The van der Waals surface area contributed by atoms with E-state index in [1.54, 1.807) is 49.2 Å². The molecule has 4 heteroatoms. The Morgan fingerprint density at radius 3 is 2.10 bits per heavy atom. The molecule has 2 N–H and O–H groups in total. The van der Waals surface area contributed by atoms with E-state index >= 15 is 0 Å². The van der Waals surface area contributed by atoms with Crippen molar-refractivity contribution < 1.29 is 8.78 Å². The van der Waals surface area contributed by atoms with Gasteiger partial charge < -0.3 is 10.6 Å². The highest BCUT2D eigenvalue weighted by Crippen LogP contribution is 2.33. The van der Waals surface area contributed by atoms with Crippen LogP contribution in [0.1, 0.15) is 37.1 Å². The van der Waals surface area contributed by atoms with E-state index in [9.17, 15) is 8.78 Å². The molecule has 0 saturated carbocycles. The number of halogens is 2. The fourth-order valence-corrected chi connectivity index (χ4v) is 2.49. The average Bonchev–Trinajstić information content (AvgIpc) is 2.46. The molecule has 2 rings (SSSR count). The molecule has 0 amide bonds. The SMILES string of the molecule is CC(c1ccccc1F)N(C)c1c(F)cccc1[C@@H](C)N. The minimum atomic E-state index is -0.351. The van der Waals surface area contributed by atoms with E-state index in [1.165, 1.54) is 12.1 Å². The maximum Gasteiger partial charge on any atom is 0.146 e. The first-order valence-electron chi connectivity index (χ1n) is 6.94. The Balaban J connectivity index is 2.45. The summed E-state index contributed by atoms with van der Waals surface area (Å²) < 4.78 is 28.2. The van der Waals surface area contributed by atoms with Crippen molar-refractivity contribution in [3.8, 4) is 0 Å². The zero-order chi connectivity index (χ0) is 15.6. The second-order valence-corrected chi connectivity index (χ2v) is 5.27. The highest BCUT2D eigenvalue weighted by Gasteiger charge is 2.22. The largest absolute Gasteiger partial charge is 0.365 e. The van der Waals surface area contributed by atoms with E-state index in [4.69, 9.17) is 5.73 Å². The molecule has 112 valence electrons. The average molecular weight is 290 g/mol. The van der Waals surface area contributed by atoms with E-state index in [1.807, 2.05) is 6.92 Å². The third-order valence-corrected chi connectivity index (χ3v) is 3.80. The molecule has 0 aliphatic carbocycles. The van der Waals surface area contributed by atoms with Crippen LogP contribution in [0.15, 0.2) is 42.5 Å². The maximum absolute atomic E-state index is 14.2. The van der Waals surface area contributed by atoms with Crippen molar-refractivity contribution in [2.75, 3.05) is 11.9 Å². The molecule has 0 heterocycles. The summed E-state index contributed by atoms with van der Waals surface area (Å²) in [5, 5.41) is 0. The minimum absolute atomic E-state index is 0.296. The first-order valence-corrected chi connectivity index (χ1v) is 6.94. The lowest BCUT2D eigenvalue weighted by Gasteiger charge is -2.30. The first kappa shape index (κ1) is 15.4. The van der Waals surface area contributed by atoms with Crippen molar-refractivity contribution in [2.45, 2.75) is 25.9 Å². The monoisotopic (exact) mass is 290 g/mol. The number of nitrogens with two attached hydrogens (primary N) is 1. The van der Waals surface area contributed by atoms with Crippen LogP contribution in [0.25, 0.3) is 0 Å². The van der Waals surface area contributed by atoms with Crippen LogP contribution in [0.5, 0.6) is 0 Å². The summed E-state index contributed by atoms with van der Waals surface area (Å²) in [6, 6.07) is 10.8. The van der Waals surface area contributed by atoms with Crippen molar-refractivity contribution in [1.82, 2.24) is 0 Å². The van der Waals surface area contributed by atoms with Crippen molar-refractivity contribution >= 4 is 5.69 Å². The normalized spacial score (nSPS) is 13.8. The highest BCUT2D eigenvalue weighted by atomic mass is 19.1. The summed E-state index contributed by atoms with van der Waals surface area (Å²) in [6.45, 7) is 3.65. The topological polar surface area (TPSA) is 29.3 Å². The van der Waals surface area contributed by atoms with Crippen molar-refractivity contribution in [3.63, 3.8) is 0 Å². The lowest BCUT2D eigenvalue weighted by molar-refractivity contribution is 0.572. The van der Waals surface area contributed by atoms with Gasteiger partial charge in [0, 0.05) is 18.7 Å². The van der Waals surface area contributed by atoms with Crippen LogP contribution < -0.4 is 10.6 Å². The van der Waals surface area contributed by atoms with Gasteiger partial charge in [-0.3, -0.25) is 0 Å². The van der Waals surface area contributed by atoms with Crippen LogP contribution in [-0.4, -0.2) is 7.05 Å². The van der Waals surface area contributed by atoms with E-state index < -0.39 is 0 Å². The Bertz CT molecular complexity index is 626. The zero-order valence-electron chi connectivity index (χ0n) is 12.5. The van der Waals surface area contributed by atoms with Crippen molar-refractivity contribution in [3.05, 3.63) is 65.2 Å². The Hall–Kier alpha value is -1.94. The van der Waals surface area contributed by atoms with Gasteiger partial charge in [0.15, 0.2) is 0 Å². The third kappa shape index (κ3) is 3.05. The van der Waals surface area contributed by atoms with Gasteiger partial charge in [0.2, 0.25) is 0 Å². The van der Waals surface area contributed by atoms with Gasteiger partial charge in [0.05, 0.1) is 11.7 Å². The molecule has 0 aliphatic heterocycles. The molecule has 2 nitrogen and oxygen atoms in total. The second-order valence-electron chi connectivity index (χ2n) is 5.27. The van der Waals surface area contributed by atoms with Gasteiger partial charge in [0.25, 0.3) is 0 Å².